The molecule has 0 fully saturated rings. The summed E-state index contributed by atoms with van der Waals surface area (Å²) in [6, 6.07) is 4.02. The van der Waals surface area contributed by atoms with E-state index in [1.807, 2.05) is 0 Å². The maximum atomic E-state index is 13.1. The van der Waals surface area contributed by atoms with E-state index in [-0.39, 0.29) is 33.8 Å². The second kappa shape index (κ2) is 8.05. The van der Waals surface area contributed by atoms with Crippen LogP contribution < -0.4 is 4.74 Å². The molecule has 8 nitrogen and oxygen atoms in total. The van der Waals surface area contributed by atoms with Gasteiger partial charge in [0, 0.05) is 0 Å². The summed E-state index contributed by atoms with van der Waals surface area (Å²) in [6.07, 6.45) is -3.70. The van der Waals surface area contributed by atoms with Crippen LogP contribution in [0.5, 0.6) is 5.75 Å². The van der Waals surface area contributed by atoms with Crippen LogP contribution in [0, 0.1) is 0 Å². The molecule has 0 aliphatic rings. The quantitative estimate of drug-likeness (QED) is 0.478. The second-order valence-corrected chi connectivity index (χ2v) is 6.05. The summed E-state index contributed by atoms with van der Waals surface area (Å²) < 4.78 is 60.2. The van der Waals surface area contributed by atoms with Gasteiger partial charge in [0.15, 0.2) is 0 Å². The minimum atomic E-state index is -4.66. The molecule has 12 heteroatoms. The van der Waals surface area contributed by atoms with Crippen LogP contribution in [-0.2, 0) is 10.9 Å². The Balaban J connectivity index is 2.23. The Bertz CT molecular complexity index is 1160. The molecule has 2 aromatic heterocycles. The number of benzene rings is 1. The van der Waals surface area contributed by atoms with Gasteiger partial charge in [-0.25, -0.2) is 0 Å². The number of halogens is 3. The molecule has 0 amide bonds. The van der Waals surface area contributed by atoms with Crippen LogP contribution in [0.2, 0.25) is 0 Å². The Morgan fingerprint density at radius 3 is 2.63 bits per heavy atom. The van der Waals surface area contributed by atoms with Crippen molar-refractivity contribution in [3.63, 3.8) is 0 Å². The summed E-state index contributed by atoms with van der Waals surface area (Å²) in [7, 11) is 1.72. The fourth-order valence-corrected chi connectivity index (χ4v) is 2.82. The SMILES string of the molecule is COc1ccc(-c2nc(C(C)/N=C/B=O)c(C(=O)O)o2)c2ccc(C(F)(F)F)nc12. The summed E-state index contributed by atoms with van der Waals surface area (Å²) in [4.78, 5) is 23.2. The predicted octanol–water partition coefficient (Wildman–Crippen LogP) is 3.75. The van der Waals surface area contributed by atoms with Gasteiger partial charge in [0.2, 0.25) is 0 Å². The normalized spacial score (nSPS) is 12.8. The Morgan fingerprint density at radius 1 is 1.30 bits per heavy atom. The van der Waals surface area contributed by atoms with Gasteiger partial charge in [-0.2, -0.15) is 13.2 Å². The van der Waals surface area contributed by atoms with Crippen molar-refractivity contribution in [3.8, 4) is 17.2 Å². The molecule has 0 spiro atoms. The zero-order valence-electron chi connectivity index (χ0n) is 15.6. The van der Waals surface area contributed by atoms with E-state index in [0.717, 1.165) is 12.2 Å². The molecule has 1 aromatic carbocycles. The molecular weight excluding hydrogens is 406 g/mol. The Labute approximate surface area is 167 Å². The van der Waals surface area contributed by atoms with Crippen molar-refractivity contribution in [1.29, 1.82) is 0 Å². The van der Waals surface area contributed by atoms with Gasteiger partial charge in [0.25, 0.3) is 0 Å². The number of nitrogens with zero attached hydrogens (tertiary/aromatic N) is 3. The van der Waals surface area contributed by atoms with Gasteiger partial charge >= 0.3 is 154 Å². The third kappa shape index (κ3) is 3.93. The van der Waals surface area contributed by atoms with Crippen molar-refractivity contribution in [2.24, 2.45) is 4.99 Å². The van der Waals surface area contributed by atoms with Crippen molar-refractivity contribution in [2.75, 3.05) is 7.11 Å². The molecule has 1 unspecified atom stereocenters. The number of rotatable bonds is 6. The van der Waals surface area contributed by atoms with Crippen molar-refractivity contribution in [2.45, 2.75) is 19.1 Å². The van der Waals surface area contributed by atoms with E-state index in [2.05, 4.69) is 15.0 Å². The molecule has 30 heavy (non-hydrogen) atoms. The third-order valence-corrected chi connectivity index (χ3v) is 4.17. The number of methoxy groups -OCH3 is 1. The second-order valence-electron chi connectivity index (χ2n) is 6.05. The van der Waals surface area contributed by atoms with Crippen LogP contribution in [0.15, 0.2) is 33.7 Å². The number of carbonyl (C=O) groups is 1. The summed E-state index contributed by atoms with van der Waals surface area (Å²) in [5, 5.41) is 9.63. The van der Waals surface area contributed by atoms with Gasteiger partial charge < -0.3 is 0 Å². The number of carboxylic acid groups (broad SMARTS) is 1. The average Bonchev–Trinajstić information content (AvgIpc) is 3.15. The van der Waals surface area contributed by atoms with Crippen LogP contribution in [0.25, 0.3) is 22.4 Å². The van der Waals surface area contributed by atoms with Gasteiger partial charge in [-0.3, -0.25) is 0 Å². The number of aromatic carboxylic acids is 1. The molecule has 0 saturated heterocycles. The number of oxazole rings is 1. The summed E-state index contributed by atoms with van der Waals surface area (Å²) >= 11 is 0. The van der Waals surface area contributed by atoms with Gasteiger partial charge in [0.05, 0.1) is 0 Å². The summed E-state index contributed by atoms with van der Waals surface area (Å²) in [5.41, 5.74) is -1.03. The van der Waals surface area contributed by atoms with E-state index in [1.54, 1.807) is 0 Å². The summed E-state index contributed by atoms with van der Waals surface area (Å²) in [6.45, 7) is 1.51. The number of hydrogen-bond acceptors (Lipinski definition) is 7. The number of aromatic nitrogens is 2. The molecule has 0 bridgehead atoms. The monoisotopic (exact) mass is 419 g/mol. The van der Waals surface area contributed by atoms with Crippen molar-refractivity contribution in [1.82, 2.24) is 9.97 Å². The van der Waals surface area contributed by atoms with Gasteiger partial charge in [-0.15, -0.1) is 0 Å². The van der Waals surface area contributed by atoms with E-state index in [1.165, 1.54) is 32.2 Å². The number of pyridine rings is 1. The van der Waals surface area contributed by atoms with E-state index < -0.39 is 29.6 Å². The van der Waals surface area contributed by atoms with Crippen LogP contribution in [0.4, 0.5) is 13.2 Å². The van der Waals surface area contributed by atoms with Gasteiger partial charge in [0.1, 0.15) is 0 Å². The maximum absolute atomic E-state index is 13.1. The zero-order chi connectivity index (χ0) is 22.1. The van der Waals surface area contributed by atoms with Crippen molar-refractivity contribution in [3.05, 3.63) is 41.4 Å². The van der Waals surface area contributed by atoms with E-state index in [0.29, 0.717) is 7.15 Å². The zero-order valence-corrected chi connectivity index (χ0v) is 15.6. The van der Waals surface area contributed by atoms with Crippen LogP contribution >= 0.6 is 0 Å². The Hall–Kier alpha value is -3.57. The number of ether oxygens (including phenoxy) is 1. The molecule has 0 aliphatic heterocycles. The molecule has 0 aliphatic carbocycles. The molecule has 3 rings (SSSR count). The number of hydrogen-bond donors (Lipinski definition) is 1. The molecule has 1 N–H and O–H groups in total. The average molecular weight is 419 g/mol. The van der Waals surface area contributed by atoms with Crippen molar-refractivity contribution >= 4 is 30.1 Å². The fraction of sp³-hybridized carbons (Fsp3) is 0.222. The van der Waals surface area contributed by atoms with Crippen molar-refractivity contribution < 1.29 is 36.9 Å². The van der Waals surface area contributed by atoms with Gasteiger partial charge in [-0.1, -0.05) is 0 Å². The van der Waals surface area contributed by atoms with Crippen LogP contribution in [-0.4, -0.2) is 41.4 Å². The topological polar surface area (TPSA) is 115 Å². The number of fused-ring (bicyclic) bond motifs is 1. The molecule has 1 atom stereocenters. The van der Waals surface area contributed by atoms with Crippen LogP contribution in [0.3, 0.4) is 0 Å². The molecule has 0 saturated carbocycles. The number of carboxylic acids is 1. The number of alkyl halides is 3. The number of aliphatic imine (C=N–C) groups is 1. The first-order valence-corrected chi connectivity index (χ1v) is 8.43. The summed E-state index contributed by atoms with van der Waals surface area (Å²) in [5.74, 6) is -1.96. The molecule has 2 heterocycles. The first kappa shape index (κ1) is 21.2. The first-order chi connectivity index (χ1) is 14.2. The van der Waals surface area contributed by atoms with Gasteiger partial charge in [-0.05, 0) is 0 Å². The van der Waals surface area contributed by atoms with E-state index >= 15 is 0 Å². The molecule has 3 aromatic rings. The van der Waals surface area contributed by atoms with Crippen LogP contribution in [0.1, 0.15) is 34.9 Å². The standard InChI is InChI=1S/C18H13BF3N3O5/c1-8(23-7-19-28)13-15(17(26)27)30-16(25-13)10-3-5-11(29-2)14-9(10)4-6-12(24-14)18(20,21)22/h3-8H,1-2H3,(H,26,27)/b23-7+. The van der Waals surface area contributed by atoms with E-state index in [4.69, 9.17) is 9.15 Å². The predicted molar refractivity (Wildman–Crippen MR) is 99.1 cm³/mol. The Morgan fingerprint density at radius 2 is 2.03 bits per heavy atom. The molecule has 154 valence electrons. The first-order valence-electron chi connectivity index (χ1n) is 8.43. The Kier molecular flexibility index (Phi) is 5.68. The third-order valence-electron chi connectivity index (χ3n) is 4.17. The fourth-order valence-electron chi connectivity index (χ4n) is 2.82. The molecule has 0 radical (unpaired) electrons. The van der Waals surface area contributed by atoms with E-state index in [9.17, 15) is 27.8 Å². The molecular formula is C18H13BF3N3O5. The minimum absolute atomic E-state index is 0.0422.